The summed E-state index contributed by atoms with van der Waals surface area (Å²) in [5.41, 5.74) is -4.77. The molecule has 1 aromatic carbocycles. The number of esters is 1. The average Bonchev–Trinajstić information content (AvgIpc) is 2.70. The number of nitrogens with one attached hydrogen (secondary N) is 1. The third-order valence-electron chi connectivity index (χ3n) is 5.47. The van der Waals surface area contributed by atoms with Crippen molar-refractivity contribution in [3.8, 4) is 0 Å². The molecule has 2 rings (SSSR count). The van der Waals surface area contributed by atoms with Crippen molar-refractivity contribution in [2.24, 2.45) is 11.3 Å². The zero-order chi connectivity index (χ0) is 23.0. The third kappa shape index (κ3) is 3.46. The number of methoxy groups -OCH3 is 1. The van der Waals surface area contributed by atoms with Crippen LogP contribution in [-0.4, -0.2) is 42.2 Å². The van der Waals surface area contributed by atoms with Gasteiger partial charge in [-0.15, -0.1) is 0 Å². The number of allylic oxidation sites excluding steroid dienone is 1. The van der Waals surface area contributed by atoms with Crippen LogP contribution in [0.15, 0.2) is 17.3 Å². The van der Waals surface area contributed by atoms with Crippen LogP contribution in [0, 0.1) is 34.6 Å². The summed E-state index contributed by atoms with van der Waals surface area (Å²) >= 11 is 3.10. The maximum atomic E-state index is 14.8. The van der Waals surface area contributed by atoms with Crippen molar-refractivity contribution in [2.45, 2.75) is 25.8 Å². The Morgan fingerprint density at radius 2 is 1.77 bits per heavy atom. The lowest BCUT2D eigenvalue weighted by Crippen LogP contribution is -2.62. The summed E-state index contributed by atoms with van der Waals surface area (Å²) in [4.78, 5) is 25.1. The van der Waals surface area contributed by atoms with Crippen molar-refractivity contribution in [1.82, 2.24) is 5.32 Å². The molecule has 1 aliphatic heterocycles. The first-order chi connectivity index (χ1) is 14.0. The van der Waals surface area contributed by atoms with E-state index in [2.05, 4.69) is 26.0 Å². The van der Waals surface area contributed by atoms with Gasteiger partial charge in [-0.2, -0.15) is 0 Å². The number of hydrogen-bond acceptors (Lipinski definition) is 4. The molecule has 1 aromatic rings. The second-order valence-corrected chi connectivity index (χ2v) is 7.72. The fourth-order valence-corrected chi connectivity index (χ4v) is 4.83. The van der Waals surface area contributed by atoms with Crippen LogP contribution in [0.4, 0.5) is 22.0 Å². The van der Waals surface area contributed by atoms with E-state index < -0.39 is 82.0 Å². The maximum Gasteiger partial charge on any atom is 0.336 e. The number of carbonyl (C=O) groups is 2. The molecule has 166 valence electrons. The van der Waals surface area contributed by atoms with Gasteiger partial charge in [-0.25, -0.2) is 26.7 Å². The zero-order valence-corrected chi connectivity index (χ0v) is 17.7. The number of carboxylic acids is 1. The molecule has 0 spiro atoms. The molecular formula is C19H19BrF5NO4. The molecule has 0 fully saturated rings. The molecule has 0 amide bonds. The van der Waals surface area contributed by atoms with Gasteiger partial charge >= 0.3 is 11.9 Å². The van der Waals surface area contributed by atoms with Gasteiger partial charge in [-0.1, -0.05) is 29.8 Å². The summed E-state index contributed by atoms with van der Waals surface area (Å²) in [5, 5.41) is 12.6. The number of aliphatic carboxylic acids is 1. The molecule has 1 heterocycles. The minimum atomic E-state index is -2.21. The van der Waals surface area contributed by atoms with Gasteiger partial charge in [0.1, 0.15) is 12.1 Å². The van der Waals surface area contributed by atoms with E-state index in [1.54, 1.807) is 0 Å². The van der Waals surface area contributed by atoms with Gasteiger partial charge in [0.15, 0.2) is 23.3 Å². The van der Waals surface area contributed by atoms with E-state index in [0.717, 1.165) is 7.11 Å². The lowest BCUT2D eigenvalue weighted by molar-refractivity contribution is -0.156. The summed E-state index contributed by atoms with van der Waals surface area (Å²) < 4.78 is 76.1. The Morgan fingerprint density at radius 1 is 1.23 bits per heavy atom. The Morgan fingerprint density at radius 3 is 2.13 bits per heavy atom. The predicted octanol–water partition coefficient (Wildman–Crippen LogP) is 3.82. The van der Waals surface area contributed by atoms with Gasteiger partial charge in [0.25, 0.3) is 0 Å². The van der Waals surface area contributed by atoms with E-state index >= 15 is 0 Å². The largest absolute Gasteiger partial charge is 0.481 e. The number of halogens is 6. The fraction of sp³-hybridized carbons (Fsp3) is 0.474. The minimum Gasteiger partial charge on any atom is -0.481 e. The monoisotopic (exact) mass is 499 g/mol. The number of benzene rings is 1. The van der Waals surface area contributed by atoms with Crippen LogP contribution >= 0.6 is 15.9 Å². The Bertz CT molecular complexity index is 881. The van der Waals surface area contributed by atoms with E-state index in [1.165, 1.54) is 13.8 Å². The highest BCUT2D eigenvalue weighted by Crippen LogP contribution is 2.54. The Balaban J connectivity index is 3.13. The van der Waals surface area contributed by atoms with Gasteiger partial charge in [-0.05, 0) is 5.92 Å². The van der Waals surface area contributed by atoms with Crippen LogP contribution in [0.5, 0.6) is 0 Å². The van der Waals surface area contributed by atoms with Gasteiger partial charge in [-0.3, -0.25) is 4.79 Å². The molecule has 2 N–H and O–H groups in total. The van der Waals surface area contributed by atoms with E-state index in [-0.39, 0.29) is 11.4 Å². The van der Waals surface area contributed by atoms with Crippen LogP contribution in [0.1, 0.15) is 25.3 Å². The highest BCUT2D eigenvalue weighted by atomic mass is 79.9. The number of ether oxygens (including phenoxy) is 1. The highest BCUT2D eigenvalue weighted by Gasteiger charge is 2.61. The molecule has 1 aliphatic rings. The topological polar surface area (TPSA) is 75.6 Å². The lowest BCUT2D eigenvalue weighted by atomic mass is 9.57. The summed E-state index contributed by atoms with van der Waals surface area (Å²) in [7, 11) is 0.898. The van der Waals surface area contributed by atoms with Crippen LogP contribution in [-0.2, 0) is 14.3 Å². The number of hydrogen-bond donors (Lipinski definition) is 2. The van der Waals surface area contributed by atoms with Crippen molar-refractivity contribution in [3.05, 3.63) is 46.2 Å². The van der Waals surface area contributed by atoms with Crippen LogP contribution in [0.3, 0.4) is 0 Å². The molecule has 0 saturated carbocycles. The fourth-order valence-electron chi connectivity index (χ4n) is 4.13. The summed E-state index contributed by atoms with van der Waals surface area (Å²) in [5.74, 6) is -13.3. The molecule has 5 nitrogen and oxygen atoms in total. The normalized spacial score (nSPS) is 24.1. The Kier molecular flexibility index (Phi) is 7.16. The molecular weight excluding hydrogens is 481 g/mol. The number of carbonyl (C=O) groups excluding carboxylic acids is 1. The molecule has 3 atom stereocenters. The van der Waals surface area contributed by atoms with Crippen molar-refractivity contribution in [1.29, 1.82) is 0 Å². The van der Waals surface area contributed by atoms with Crippen LogP contribution in [0.2, 0.25) is 0 Å². The highest BCUT2D eigenvalue weighted by molar-refractivity contribution is 9.09. The number of carboxylic acid groups (broad SMARTS) is 1. The smallest absolute Gasteiger partial charge is 0.336 e. The molecule has 0 saturated heterocycles. The first-order valence-corrected chi connectivity index (χ1v) is 9.88. The van der Waals surface area contributed by atoms with Crippen molar-refractivity contribution in [2.75, 3.05) is 19.1 Å². The third-order valence-corrected chi connectivity index (χ3v) is 6.12. The van der Waals surface area contributed by atoms with Crippen LogP contribution < -0.4 is 5.32 Å². The van der Waals surface area contributed by atoms with Crippen molar-refractivity contribution in [3.63, 3.8) is 0 Å². The Labute approximate surface area is 177 Å². The summed E-state index contributed by atoms with van der Waals surface area (Å²) in [6.45, 7) is 1.46. The first-order valence-electron chi connectivity index (χ1n) is 8.76. The molecule has 0 aromatic heterocycles. The van der Waals surface area contributed by atoms with E-state index in [9.17, 15) is 36.6 Å². The second-order valence-electron chi connectivity index (χ2n) is 7.08. The second kappa shape index (κ2) is 8.91. The van der Waals surface area contributed by atoms with E-state index in [1.807, 2.05) is 0 Å². The zero-order valence-electron chi connectivity index (χ0n) is 16.2. The molecule has 0 bridgehead atoms. The van der Waals surface area contributed by atoms with Gasteiger partial charge in [0, 0.05) is 22.9 Å². The minimum absolute atomic E-state index is 0.0351. The first kappa shape index (κ1) is 24.1. The lowest BCUT2D eigenvalue weighted by Gasteiger charge is -2.50. The molecule has 30 heavy (non-hydrogen) atoms. The molecule has 0 aliphatic carbocycles. The number of alkyl halides is 2. The van der Waals surface area contributed by atoms with Gasteiger partial charge in [0.05, 0.1) is 24.4 Å². The molecule has 11 heteroatoms. The number of rotatable bonds is 6. The quantitative estimate of drug-likeness (QED) is 0.269. The molecule has 3 unspecified atom stereocenters. The SMILES string of the molecule is COC(=O)C1=C(CF)NC(CBr)C(C(=O)O)(C(C)C)C1c1c(F)c(F)cc(F)c1F. The van der Waals surface area contributed by atoms with E-state index in [4.69, 9.17) is 0 Å². The Hall–Kier alpha value is -2.17. The average molecular weight is 500 g/mol. The van der Waals surface area contributed by atoms with Gasteiger partial charge < -0.3 is 15.2 Å². The van der Waals surface area contributed by atoms with E-state index in [0.29, 0.717) is 0 Å². The summed E-state index contributed by atoms with van der Waals surface area (Å²) in [6.07, 6.45) is 0. The summed E-state index contributed by atoms with van der Waals surface area (Å²) in [6, 6.07) is -1.24. The maximum absolute atomic E-state index is 14.8. The molecule has 0 radical (unpaired) electrons. The van der Waals surface area contributed by atoms with Crippen molar-refractivity contribution < 1.29 is 41.4 Å². The predicted molar refractivity (Wildman–Crippen MR) is 99.7 cm³/mol. The standard InChI is InChI=1S/C19H19BrF5NO4/c1-7(2)19(18(28)29)11(5-20)26-10(6-21)12(17(27)30-3)14(19)13-15(24)8(22)4-9(23)16(13)25/h4,7,11,14,26H,5-6H2,1-3H3,(H,28,29). The van der Waals surface area contributed by atoms with Gasteiger partial charge in [0.2, 0.25) is 0 Å². The van der Waals surface area contributed by atoms with Crippen LogP contribution in [0.25, 0.3) is 0 Å². The van der Waals surface area contributed by atoms with Crippen molar-refractivity contribution >= 4 is 27.9 Å².